The molecule has 2 aromatic carbocycles. The van der Waals surface area contributed by atoms with Crippen LogP contribution in [-0.2, 0) is 11.3 Å². The molecule has 0 aromatic heterocycles. The van der Waals surface area contributed by atoms with Crippen LogP contribution in [0.2, 0.25) is 0 Å². The molecule has 0 unspecified atom stereocenters. The van der Waals surface area contributed by atoms with Crippen molar-refractivity contribution in [2.45, 2.75) is 6.54 Å². The molecule has 7 heteroatoms. The number of ether oxygens (including phenoxy) is 5. The van der Waals surface area contributed by atoms with Crippen LogP contribution in [0.25, 0.3) is 6.08 Å². The minimum absolute atomic E-state index is 0.244. The molecule has 7 nitrogen and oxygen atoms in total. The van der Waals surface area contributed by atoms with E-state index in [9.17, 15) is 4.79 Å². The van der Waals surface area contributed by atoms with E-state index in [0.29, 0.717) is 28.7 Å². The highest BCUT2D eigenvalue weighted by atomic mass is 16.5. The van der Waals surface area contributed by atoms with Gasteiger partial charge in [-0.1, -0.05) is 6.07 Å². The molecule has 0 saturated heterocycles. The maximum atomic E-state index is 12.2. The number of carbonyl (C=O) groups is 1. The van der Waals surface area contributed by atoms with Crippen molar-refractivity contribution in [1.82, 2.24) is 5.32 Å². The van der Waals surface area contributed by atoms with Crippen LogP contribution in [-0.4, -0.2) is 41.5 Å². The van der Waals surface area contributed by atoms with Crippen LogP contribution in [0, 0.1) is 0 Å². The average Bonchev–Trinajstić information content (AvgIpc) is 2.74. The standard InChI is InChI=1S/C21H25NO6/c1-24-16-8-6-14(10-18(16)26-3)7-9-21(23)22-13-15-11-19(27-4)20(28-5)12-17(15)25-2/h6-12H,13H2,1-5H3,(H,22,23)/b9-7+. The first-order valence-corrected chi connectivity index (χ1v) is 8.53. The Hall–Kier alpha value is -3.35. The first-order valence-electron chi connectivity index (χ1n) is 8.53. The van der Waals surface area contributed by atoms with Gasteiger partial charge < -0.3 is 29.0 Å². The van der Waals surface area contributed by atoms with Crippen molar-refractivity contribution in [2.24, 2.45) is 0 Å². The summed E-state index contributed by atoms with van der Waals surface area (Å²) in [4.78, 5) is 12.2. The summed E-state index contributed by atoms with van der Waals surface area (Å²) in [6.45, 7) is 0.276. The summed E-state index contributed by atoms with van der Waals surface area (Å²) >= 11 is 0. The minimum Gasteiger partial charge on any atom is -0.496 e. The maximum absolute atomic E-state index is 12.2. The molecule has 2 rings (SSSR count). The number of hydrogen-bond donors (Lipinski definition) is 1. The first-order chi connectivity index (χ1) is 13.6. The van der Waals surface area contributed by atoms with Gasteiger partial charge in [-0.25, -0.2) is 0 Å². The van der Waals surface area contributed by atoms with E-state index in [-0.39, 0.29) is 12.5 Å². The molecular formula is C21H25NO6. The summed E-state index contributed by atoms with van der Waals surface area (Å²) in [7, 11) is 7.80. The third kappa shape index (κ3) is 5.09. The van der Waals surface area contributed by atoms with Crippen LogP contribution >= 0.6 is 0 Å². The number of carbonyl (C=O) groups excluding carboxylic acids is 1. The third-order valence-corrected chi connectivity index (χ3v) is 4.07. The summed E-state index contributed by atoms with van der Waals surface area (Å²) < 4.78 is 26.4. The molecule has 0 fully saturated rings. The molecule has 0 saturated carbocycles. The molecule has 0 heterocycles. The van der Waals surface area contributed by atoms with Gasteiger partial charge >= 0.3 is 0 Å². The van der Waals surface area contributed by atoms with Gasteiger partial charge in [0.2, 0.25) is 5.91 Å². The second kappa shape index (κ2) is 10.1. The molecule has 0 spiro atoms. The summed E-state index contributed by atoms with van der Waals surface area (Å²) in [6.07, 6.45) is 3.15. The van der Waals surface area contributed by atoms with Crippen molar-refractivity contribution in [3.8, 4) is 28.7 Å². The molecule has 0 atom stereocenters. The van der Waals surface area contributed by atoms with E-state index in [1.165, 1.54) is 6.08 Å². The largest absolute Gasteiger partial charge is 0.496 e. The predicted molar refractivity (Wildman–Crippen MR) is 107 cm³/mol. The smallest absolute Gasteiger partial charge is 0.244 e. The second-order valence-electron chi connectivity index (χ2n) is 5.68. The number of nitrogens with one attached hydrogen (secondary N) is 1. The Morgan fingerprint density at radius 2 is 1.36 bits per heavy atom. The Balaban J connectivity index is 2.07. The SMILES string of the molecule is COc1cc(OC)c(OC)cc1CNC(=O)/C=C/c1ccc(OC)c(OC)c1. The molecule has 0 aliphatic rings. The predicted octanol–water partition coefficient (Wildman–Crippen LogP) is 3.06. The highest BCUT2D eigenvalue weighted by molar-refractivity contribution is 5.91. The zero-order chi connectivity index (χ0) is 20.5. The zero-order valence-electron chi connectivity index (χ0n) is 16.7. The second-order valence-corrected chi connectivity index (χ2v) is 5.68. The van der Waals surface area contributed by atoms with Gasteiger partial charge in [-0.3, -0.25) is 4.79 Å². The van der Waals surface area contributed by atoms with Gasteiger partial charge in [-0.2, -0.15) is 0 Å². The van der Waals surface area contributed by atoms with Crippen LogP contribution < -0.4 is 29.0 Å². The highest BCUT2D eigenvalue weighted by Gasteiger charge is 2.12. The molecule has 1 N–H and O–H groups in total. The van der Waals surface area contributed by atoms with Crippen molar-refractivity contribution in [1.29, 1.82) is 0 Å². The number of hydrogen-bond acceptors (Lipinski definition) is 6. The monoisotopic (exact) mass is 387 g/mol. The fourth-order valence-electron chi connectivity index (χ4n) is 2.60. The van der Waals surface area contributed by atoms with Crippen LogP contribution in [0.3, 0.4) is 0 Å². The van der Waals surface area contributed by atoms with Crippen LogP contribution in [0.1, 0.15) is 11.1 Å². The lowest BCUT2D eigenvalue weighted by atomic mass is 10.1. The molecule has 1 amide bonds. The summed E-state index contributed by atoms with van der Waals surface area (Å²) in [5.74, 6) is 2.70. The van der Waals surface area contributed by atoms with E-state index in [1.54, 1.807) is 65.9 Å². The third-order valence-electron chi connectivity index (χ3n) is 4.07. The minimum atomic E-state index is -0.244. The fourth-order valence-corrected chi connectivity index (χ4v) is 2.60. The summed E-state index contributed by atoms with van der Waals surface area (Å²) in [5, 5.41) is 2.83. The van der Waals surface area contributed by atoms with Gasteiger partial charge in [0.1, 0.15) is 5.75 Å². The van der Waals surface area contributed by atoms with Gasteiger partial charge in [0.25, 0.3) is 0 Å². The lowest BCUT2D eigenvalue weighted by molar-refractivity contribution is -0.116. The van der Waals surface area contributed by atoms with Crippen LogP contribution in [0.15, 0.2) is 36.4 Å². The van der Waals surface area contributed by atoms with Crippen LogP contribution in [0.5, 0.6) is 28.7 Å². The van der Waals surface area contributed by atoms with Gasteiger partial charge in [-0.15, -0.1) is 0 Å². The zero-order valence-corrected chi connectivity index (χ0v) is 16.7. The highest BCUT2D eigenvalue weighted by Crippen LogP contribution is 2.34. The van der Waals surface area contributed by atoms with Gasteiger partial charge in [0.15, 0.2) is 23.0 Å². The Morgan fingerprint density at radius 3 is 1.96 bits per heavy atom. The van der Waals surface area contributed by atoms with Gasteiger partial charge in [0.05, 0.1) is 35.5 Å². The first kappa shape index (κ1) is 21.0. The molecule has 0 radical (unpaired) electrons. The molecule has 0 aliphatic heterocycles. The van der Waals surface area contributed by atoms with E-state index < -0.39 is 0 Å². The normalized spacial score (nSPS) is 10.5. The Bertz CT molecular complexity index is 847. The van der Waals surface area contributed by atoms with Gasteiger partial charge in [-0.05, 0) is 29.8 Å². The Morgan fingerprint density at radius 1 is 0.786 bits per heavy atom. The van der Waals surface area contributed by atoms with Crippen molar-refractivity contribution in [2.75, 3.05) is 35.5 Å². The van der Waals surface area contributed by atoms with E-state index in [0.717, 1.165) is 11.1 Å². The molecular weight excluding hydrogens is 362 g/mol. The van der Waals surface area contributed by atoms with Crippen molar-refractivity contribution in [3.63, 3.8) is 0 Å². The Labute approximate surface area is 164 Å². The molecule has 0 bridgehead atoms. The maximum Gasteiger partial charge on any atom is 0.244 e. The average molecular weight is 387 g/mol. The topological polar surface area (TPSA) is 75.2 Å². The molecule has 2 aromatic rings. The quantitative estimate of drug-likeness (QED) is 0.667. The summed E-state index contributed by atoms with van der Waals surface area (Å²) in [5.41, 5.74) is 1.59. The number of methoxy groups -OCH3 is 5. The number of benzene rings is 2. The lowest BCUT2D eigenvalue weighted by Crippen LogP contribution is -2.20. The fraction of sp³-hybridized carbons (Fsp3) is 0.286. The van der Waals surface area contributed by atoms with Crippen molar-refractivity contribution < 1.29 is 28.5 Å². The van der Waals surface area contributed by atoms with Crippen LogP contribution in [0.4, 0.5) is 0 Å². The molecule has 0 aliphatic carbocycles. The van der Waals surface area contributed by atoms with E-state index >= 15 is 0 Å². The molecule has 28 heavy (non-hydrogen) atoms. The van der Waals surface area contributed by atoms with E-state index in [4.69, 9.17) is 23.7 Å². The number of amides is 1. The summed E-state index contributed by atoms with van der Waals surface area (Å²) in [6, 6.07) is 8.91. The Kier molecular flexibility index (Phi) is 7.56. The lowest BCUT2D eigenvalue weighted by Gasteiger charge is -2.14. The van der Waals surface area contributed by atoms with E-state index in [1.807, 2.05) is 6.07 Å². The molecule has 150 valence electrons. The number of rotatable bonds is 9. The van der Waals surface area contributed by atoms with Crippen molar-refractivity contribution >= 4 is 12.0 Å². The van der Waals surface area contributed by atoms with Gasteiger partial charge in [0, 0.05) is 24.3 Å². The van der Waals surface area contributed by atoms with Crippen molar-refractivity contribution in [3.05, 3.63) is 47.5 Å². The van der Waals surface area contributed by atoms with E-state index in [2.05, 4.69) is 5.32 Å².